The molecule has 0 spiro atoms. The molecular formula is C16H17N3O. The fraction of sp³-hybridized carbons (Fsp3) is 0.250. The van der Waals surface area contributed by atoms with Crippen LogP contribution in [0.25, 0.3) is 0 Å². The maximum absolute atomic E-state index is 8.76. The molecular weight excluding hydrogens is 250 g/mol. The molecule has 0 aliphatic carbocycles. The summed E-state index contributed by atoms with van der Waals surface area (Å²) in [6.07, 6.45) is 1.56. The van der Waals surface area contributed by atoms with E-state index in [-0.39, 0.29) is 6.04 Å². The number of ether oxygens (including phenoxy) is 1. The average molecular weight is 267 g/mol. The summed E-state index contributed by atoms with van der Waals surface area (Å²) in [4.78, 5) is 4.22. The number of nitriles is 1. The summed E-state index contributed by atoms with van der Waals surface area (Å²) < 4.78 is 5.39. The molecule has 1 aromatic heterocycles. The molecule has 0 fully saturated rings. The topological polar surface area (TPSA) is 57.9 Å². The highest BCUT2D eigenvalue weighted by Gasteiger charge is 2.12. The van der Waals surface area contributed by atoms with Crippen molar-refractivity contribution < 1.29 is 4.74 Å². The first-order valence-electron chi connectivity index (χ1n) is 6.41. The molecule has 0 saturated heterocycles. The van der Waals surface area contributed by atoms with Gasteiger partial charge in [-0.1, -0.05) is 17.7 Å². The Morgan fingerprint density at radius 1 is 1.30 bits per heavy atom. The van der Waals surface area contributed by atoms with E-state index >= 15 is 0 Å². The lowest BCUT2D eigenvalue weighted by molar-refractivity contribution is 0.408. The number of aryl methyl sites for hydroxylation is 1. The van der Waals surface area contributed by atoms with Gasteiger partial charge in [-0.3, -0.25) is 0 Å². The molecule has 4 nitrogen and oxygen atoms in total. The summed E-state index contributed by atoms with van der Waals surface area (Å²) in [6, 6.07) is 11.8. The van der Waals surface area contributed by atoms with Crippen LogP contribution in [0.3, 0.4) is 0 Å². The van der Waals surface area contributed by atoms with Gasteiger partial charge in [-0.05, 0) is 32.0 Å². The normalized spacial score (nSPS) is 11.5. The van der Waals surface area contributed by atoms with Crippen molar-refractivity contribution in [2.75, 3.05) is 12.4 Å². The Bertz CT molecular complexity index is 629. The molecule has 1 atom stereocenters. The molecule has 1 unspecified atom stereocenters. The Hall–Kier alpha value is -2.54. The molecule has 0 aliphatic heterocycles. The third-order valence-corrected chi connectivity index (χ3v) is 3.11. The highest BCUT2D eigenvalue weighted by Crippen LogP contribution is 2.28. The molecule has 4 heteroatoms. The van der Waals surface area contributed by atoms with E-state index in [1.54, 1.807) is 25.4 Å². The minimum Gasteiger partial charge on any atom is -0.496 e. The van der Waals surface area contributed by atoms with Crippen LogP contribution in [-0.2, 0) is 0 Å². The predicted octanol–water partition coefficient (Wildman–Crippen LogP) is 3.44. The number of anilines is 1. The van der Waals surface area contributed by atoms with Crippen molar-refractivity contribution in [2.24, 2.45) is 0 Å². The van der Waals surface area contributed by atoms with Crippen LogP contribution < -0.4 is 10.1 Å². The quantitative estimate of drug-likeness (QED) is 0.921. The molecule has 102 valence electrons. The van der Waals surface area contributed by atoms with E-state index < -0.39 is 0 Å². The average Bonchev–Trinajstić information content (AvgIpc) is 2.48. The smallest absolute Gasteiger partial charge is 0.126 e. The largest absolute Gasteiger partial charge is 0.496 e. The molecule has 0 saturated carbocycles. The zero-order chi connectivity index (χ0) is 14.5. The zero-order valence-electron chi connectivity index (χ0n) is 11.8. The van der Waals surface area contributed by atoms with Crippen LogP contribution in [0.15, 0.2) is 36.5 Å². The van der Waals surface area contributed by atoms with Gasteiger partial charge in [0.1, 0.15) is 17.6 Å². The van der Waals surface area contributed by atoms with Crippen LogP contribution in [0, 0.1) is 18.3 Å². The van der Waals surface area contributed by atoms with E-state index in [1.807, 2.05) is 12.1 Å². The van der Waals surface area contributed by atoms with Gasteiger partial charge in [-0.2, -0.15) is 5.26 Å². The van der Waals surface area contributed by atoms with E-state index in [0.29, 0.717) is 5.56 Å². The lowest BCUT2D eigenvalue weighted by Crippen LogP contribution is -2.09. The molecule has 2 aromatic rings. The lowest BCUT2D eigenvalue weighted by Gasteiger charge is -2.18. The fourth-order valence-corrected chi connectivity index (χ4v) is 2.04. The number of nitrogens with one attached hydrogen (secondary N) is 1. The van der Waals surface area contributed by atoms with Gasteiger partial charge in [0, 0.05) is 11.8 Å². The SMILES string of the molecule is COc1ccc(C)cc1C(C)Nc1ccc(C#N)cn1. The second kappa shape index (κ2) is 6.07. The Labute approximate surface area is 119 Å². The van der Waals surface area contributed by atoms with Gasteiger partial charge in [0.2, 0.25) is 0 Å². The van der Waals surface area contributed by atoms with Crippen LogP contribution >= 0.6 is 0 Å². The molecule has 2 rings (SSSR count). The zero-order valence-corrected chi connectivity index (χ0v) is 11.8. The van der Waals surface area contributed by atoms with E-state index in [2.05, 4.69) is 36.3 Å². The van der Waals surface area contributed by atoms with Gasteiger partial charge in [-0.15, -0.1) is 0 Å². The number of pyridine rings is 1. The first kappa shape index (κ1) is 13.9. The summed E-state index contributed by atoms with van der Waals surface area (Å²) >= 11 is 0. The van der Waals surface area contributed by atoms with Gasteiger partial charge in [0.15, 0.2) is 0 Å². The molecule has 0 bridgehead atoms. The molecule has 1 N–H and O–H groups in total. The second-order valence-corrected chi connectivity index (χ2v) is 4.66. The van der Waals surface area contributed by atoms with Crippen molar-refractivity contribution in [1.29, 1.82) is 5.26 Å². The van der Waals surface area contributed by atoms with Crippen molar-refractivity contribution in [3.05, 3.63) is 53.2 Å². The number of nitrogens with zero attached hydrogens (tertiary/aromatic N) is 2. The Morgan fingerprint density at radius 2 is 2.10 bits per heavy atom. The highest BCUT2D eigenvalue weighted by atomic mass is 16.5. The van der Waals surface area contributed by atoms with Gasteiger partial charge in [0.25, 0.3) is 0 Å². The summed E-state index contributed by atoms with van der Waals surface area (Å²) in [5.41, 5.74) is 2.82. The monoisotopic (exact) mass is 267 g/mol. The van der Waals surface area contributed by atoms with E-state index in [1.165, 1.54) is 5.56 Å². The summed E-state index contributed by atoms with van der Waals surface area (Å²) in [7, 11) is 1.67. The molecule has 0 amide bonds. The standard InChI is InChI=1S/C16H17N3O/c1-11-4-6-15(20-3)14(8-11)12(2)19-16-7-5-13(9-17)10-18-16/h4-8,10,12H,1-3H3,(H,18,19). The van der Waals surface area contributed by atoms with Crippen molar-refractivity contribution >= 4 is 5.82 Å². The van der Waals surface area contributed by atoms with Crippen LogP contribution in [-0.4, -0.2) is 12.1 Å². The highest BCUT2D eigenvalue weighted by molar-refractivity contribution is 5.45. The maximum Gasteiger partial charge on any atom is 0.126 e. The number of hydrogen-bond acceptors (Lipinski definition) is 4. The van der Waals surface area contributed by atoms with Crippen LogP contribution in [0.4, 0.5) is 5.82 Å². The molecule has 0 aliphatic rings. The van der Waals surface area contributed by atoms with E-state index in [0.717, 1.165) is 17.1 Å². The Kier molecular flexibility index (Phi) is 4.21. The number of aromatic nitrogens is 1. The number of benzene rings is 1. The van der Waals surface area contributed by atoms with Crippen LogP contribution in [0.5, 0.6) is 5.75 Å². The lowest BCUT2D eigenvalue weighted by atomic mass is 10.0. The summed E-state index contributed by atoms with van der Waals surface area (Å²) in [6.45, 7) is 4.10. The molecule has 1 aromatic carbocycles. The van der Waals surface area contributed by atoms with Crippen molar-refractivity contribution in [3.8, 4) is 11.8 Å². The molecule has 20 heavy (non-hydrogen) atoms. The Balaban J connectivity index is 2.21. The minimum absolute atomic E-state index is 0.0604. The summed E-state index contributed by atoms with van der Waals surface area (Å²) in [5, 5.41) is 12.1. The van der Waals surface area contributed by atoms with Crippen molar-refractivity contribution in [2.45, 2.75) is 19.9 Å². The van der Waals surface area contributed by atoms with Gasteiger partial charge >= 0.3 is 0 Å². The van der Waals surface area contributed by atoms with Crippen LogP contribution in [0.1, 0.15) is 29.7 Å². The van der Waals surface area contributed by atoms with E-state index in [4.69, 9.17) is 10.00 Å². The maximum atomic E-state index is 8.76. The third-order valence-electron chi connectivity index (χ3n) is 3.11. The second-order valence-electron chi connectivity index (χ2n) is 4.66. The first-order valence-corrected chi connectivity index (χ1v) is 6.41. The first-order chi connectivity index (χ1) is 9.63. The number of rotatable bonds is 4. The fourth-order valence-electron chi connectivity index (χ4n) is 2.04. The third kappa shape index (κ3) is 3.07. The van der Waals surface area contributed by atoms with Gasteiger partial charge < -0.3 is 10.1 Å². The number of methoxy groups -OCH3 is 1. The Morgan fingerprint density at radius 3 is 2.70 bits per heavy atom. The summed E-state index contributed by atoms with van der Waals surface area (Å²) in [5.74, 6) is 1.59. The van der Waals surface area contributed by atoms with Gasteiger partial charge in [-0.25, -0.2) is 4.98 Å². The van der Waals surface area contributed by atoms with Crippen LogP contribution in [0.2, 0.25) is 0 Å². The number of hydrogen-bond donors (Lipinski definition) is 1. The van der Waals surface area contributed by atoms with E-state index in [9.17, 15) is 0 Å². The molecule has 0 radical (unpaired) electrons. The predicted molar refractivity (Wildman–Crippen MR) is 78.7 cm³/mol. The molecule has 1 heterocycles. The van der Waals surface area contributed by atoms with Crippen molar-refractivity contribution in [3.63, 3.8) is 0 Å². The van der Waals surface area contributed by atoms with Gasteiger partial charge in [0.05, 0.1) is 18.7 Å². The van der Waals surface area contributed by atoms with Crippen molar-refractivity contribution in [1.82, 2.24) is 4.98 Å². The minimum atomic E-state index is 0.0604.